The maximum atomic E-state index is 12.6. The van der Waals surface area contributed by atoms with E-state index in [2.05, 4.69) is 0 Å². The van der Waals surface area contributed by atoms with Crippen molar-refractivity contribution in [3.8, 4) is 0 Å². The normalized spacial score (nSPS) is 22.4. The Labute approximate surface area is 142 Å². The SMILES string of the molecule is O=C(c1ccc(C(F)(F)F)cc1)N1CC2(CC(=O)N(CC3CC3)O2)C1. The Kier molecular flexibility index (Phi) is 3.57. The van der Waals surface area contributed by atoms with Crippen LogP contribution < -0.4 is 0 Å². The van der Waals surface area contributed by atoms with Crippen molar-refractivity contribution >= 4 is 11.8 Å². The molecule has 1 saturated carbocycles. The summed E-state index contributed by atoms with van der Waals surface area (Å²) in [6, 6.07) is 4.15. The molecule has 2 aliphatic heterocycles. The molecule has 0 atom stereocenters. The number of benzene rings is 1. The Morgan fingerprint density at radius 3 is 2.40 bits per heavy atom. The van der Waals surface area contributed by atoms with Gasteiger partial charge in [0.25, 0.3) is 5.91 Å². The van der Waals surface area contributed by atoms with Crippen molar-refractivity contribution in [3.05, 3.63) is 35.4 Å². The molecule has 1 aromatic rings. The standard InChI is InChI=1S/C17H17F3N2O3/c18-17(19,20)13-5-3-12(4-6-13)15(24)21-9-16(10-21)7-14(23)22(25-16)8-11-1-2-11/h3-6,11H,1-2,7-10H2. The maximum absolute atomic E-state index is 12.6. The predicted molar refractivity (Wildman–Crippen MR) is 80.2 cm³/mol. The molecule has 4 rings (SSSR count). The van der Waals surface area contributed by atoms with Crippen LogP contribution in [0.2, 0.25) is 0 Å². The number of halogens is 3. The van der Waals surface area contributed by atoms with Gasteiger partial charge in [-0.3, -0.25) is 14.4 Å². The number of carbonyl (C=O) groups excluding carboxylic acids is 2. The molecule has 3 aliphatic rings. The lowest BCUT2D eigenvalue weighted by Crippen LogP contribution is -2.63. The van der Waals surface area contributed by atoms with E-state index in [4.69, 9.17) is 4.84 Å². The molecule has 0 radical (unpaired) electrons. The molecule has 25 heavy (non-hydrogen) atoms. The van der Waals surface area contributed by atoms with Gasteiger partial charge in [0.05, 0.1) is 31.6 Å². The summed E-state index contributed by atoms with van der Waals surface area (Å²) in [6.45, 7) is 1.16. The van der Waals surface area contributed by atoms with Crippen LogP contribution in [0.5, 0.6) is 0 Å². The van der Waals surface area contributed by atoms with Crippen LogP contribution >= 0.6 is 0 Å². The second-order valence-corrected chi connectivity index (χ2v) is 7.09. The minimum absolute atomic E-state index is 0.0615. The van der Waals surface area contributed by atoms with Gasteiger partial charge in [0.15, 0.2) is 0 Å². The van der Waals surface area contributed by atoms with Gasteiger partial charge >= 0.3 is 6.18 Å². The molecule has 8 heteroatoms. The number of rotatable bonds is 3. The summed E-state index contributed by atoms with van der Waals surface area (Å²) in [6.07, 6.45) is -1.96. The summed E-state index contributed by atoms with van der Waals surface area (Å²) < 4.78 is 37.7. The largest absolute Gasteiger partial charge is 0.416 e. The molecule has 3 fully saturated rings. The van der Waals surface area contributed by atoms with E-state index in [1.165, 1.54) is 22.1 Å². The van der Waals surface area contributed by atoms with Crippen LogP contribution in [0.1, 0.15) is 35.2 Å². The highest BCUT2D eigenvalue weighted by molar-refractivity contribution is 5.95. The molecule has 0 unspecified atom stereocenters. The number of hydrogen-bond acceptors (Lipinski definition) is 3. The molecule has 1 aromatic carbocycles. The number of amides is 2. The molecular formula is C17H17F3N2O3. The minimum Gasteiger partial charge on any atom is -0.332 e. The van der Waals surface area contributed by atoms with Gasteiger partial charge in [-0.25, -0.2) is 5.06 Å². The fourth-order valence-electron chi connectivity index (χ4n) is 3.30. The first kappa shape index (κ1) is 16.4. The molecule has 0 bridgehead atoms. The topological polar surface area (TPSA) is 49.9 Å². The monoisotopic (exact) mass is 354 g/mol. The molecule has 2 saturated heterocycles. The summed E-state index contributed by atoms with van der Waals surface area (Å²) in [5, 5.41) is 1.41. The second-order valence-electron chi connectivity index (χ2n) is 7.09. The van der Waals surface area contributed by atoms with Gasteiger partial charge in [0.1, 0.15) is 5.60 Å². The number of nitrogens with zero attached hydrogens (tertiary/aromatic N) is 2. The van der Waals surface area contributed by atoms with Crippen LogP contribution in [0, 0.1) is 5.92 Å². The van der Waals surface area contributed by atoms with Crippen molar-refractivity contribution in [2.75, 3.05) is 19.6 Å². The van der Waals surface area contributed by atoms with Crippen molar-refractivity contribution < 1.29 is 27.6 Å². The molecule has 1 spiro atoms. The quantitative estimate of drug-likeness (QED) is 0.838. The van der Waals surface area contributed by atoms with E-state index in [0.29, 0.717) is 12.5 Å². The van der Waals surface area contributed by atoms with E-state index < -0.39 is 17.3 Å². The molecule has 5 nitrogen and oxygen atoms in total. The van der Waals surface area contributed by atoms with E-state index in [0.717, 1.165) is 25.0 Å². The summed E-state index contributed by atoms with van der Waals surface area (Å²) in [7, 11) is 0. The molecule has 0 aromatic heterocycles. The molecule has 1 aliphatic carbocycles. The number of likely N-dealkylation sites (tertiary alicyclic amines) is 1. The van der Waals surface area contributed by atoms with E-state index in [9.17, 15) is 22.8 Å². The Morgan fingerprint density at radius 1 is 1.20 bits per heavy atom. The fourth-order valence-corrected chi connectivity index (χ4v) is 3.30. The minimum atomic E-state index is -4.43. The van der Waals surface area contributed by atoms with Gasteiger partial charge in [-0.15, -0.1) is 0 Å². The lowest BCUT2D eigenvalue weighted by molar-refractivity contribution is -0.230. The van der Waals surface area contributed by atoms with Crippen LogP contribution in [-0.4, -0.2) is 47.0 Å². The van der Waals surface area contributed by atoms with Crippen LogP contribution in [0.3, 0.4) is 0 Å². The van der Waals surface area contributed by atoms with Crippen molar-refractivity contribution in [1.82, 2.24) is 9.96 Å². The molecule has 2 amide bonds. The van der Waals surface area contributed by atoms with Gasteiger partial charge in [-0.05, 0) is 43.0 Å². The number of hydrogen-bond donors (Lipinski definition) is 0. The van der Waals surface area contributed by atoms with E-state index in [1.807, 2.05) is 0 Å². The van der Waals surface area contributed by atoms with E-state index in [1.54, 1.807) is 0 Å². The average Bonchev–Trinajstić information content (AvgIpc) is 3.27. The zero-order chi connectivity index (χ0) is 17.8. The third-order valence-electron chi connectivity index (χ3n) is 4.88. The van der Waals surface area contributed by atoms with Crippen molar-refractivity contribution in [2.24, 2.45) is 5.92 Å². The maximum Gasteiger partial charge on any atom is 0.416 e. The smallest absolute Gasteiger partial charge is 0.332 e. The number of alkyl halides is 3. The first-order valence-corrected chi connectivity index (χ1v) is 8.22. The van der Waals surface area contributed by atoms with Gasteiger partial charge in [0, 0.05) is 5.56 Å². The Balaban J connectivity index is 1.37. The summed E-state index contributed by atoms with van der Waals surface area (Å²) >= 11 is 0. The number of carbonyl (C=O) groups is 2. The molecule has 2 heterocycles. The Bertz CT molecular complexity index is 707. The lowest BCUT2D eigenvalue weighted by Gasteiger charge is -2.45. The van der Waals surface area contributed by atoms with Gasteiger partial charge < -0.3 is 4.90 Å². The zero-order valence-electron chi connectivity index (χ0n) is 13.4. The first-order chi connectivity index (χ1) is 11.8. The highest BCUT2D eigenvalue weighted by Gasteiger charge is 2.55. The summed E-state index contributed by atoms with van der Waals surface area (Å²) in [5.41, 5.74) is -1.25. The Morgan fingerprint density at radius 2 is 1.84 bits per heavy atom. The Hall–Kier alpha value is -2.09. The third kappa shape index (κ3) is 3.10. The van der Waals surface area contributed by atoms with E-state index in [-0.39, 0.29) is 36.9 Å². The highest BCUT2D eigenvalue weighted by Crippen LogP contribution is 2.39. The van der Waals surface area contributed by atoms with Gasteiger partial charge in [-0.1, -0.05) is 0 Å². The zero-order valence-corrected chi connectivity index (χ0v) is 13.4. The summed E-state index contributed by atoms with van der Waals surface area (Å²) in [5.74, 6) is 0.105. The molecule has 0 N–H and O–H groups in total. The van der Waals surface area contributed by atoms with Gasteiger partial charge in [-0.2, -0.15) is 13.2 Å². The van der Waals surface area contributed by atoms with Crippen molar-refractivity contribution in [2.45, 2.75) is 31.0 Å². The van der Waals surface area contributed by atoms with Crippen LogP contribution in [-0.2, 0) is 15.8 Å². The van der Waals surface area contributed by atoms with Crippen LogP contribution in [0.4, 0.5) is 13.2 Å². The van der Waals surface area contributed by atoms with Crippen LogP contribution in [0.25, 0.3) is 0 Å². The van der Waals surface area contributed by atoms with E-state index >= 15 is 0 Å². The second kappa shape index (κ2) is 5.45. The first-order valence-electron chi connectivity index (χ1n) is 8.22. The number of hydroxylamine groups is 2. The molecular weight excluding hydrogens is 337 g/mol. The summed E-state index contributed by atoms with van der Waals surface area (Å²) in [4.78, 5) is 31.6. The lowest BCUT2D eigenvalue weighted by atomic mass is 9.90. The van der Waals surface area contributed by atoms with Crippen LogP contribution in [0.15, 0.2) is 24.3 Å². The highest BCUT2D eigenvalue weighted by atomic mass is 19.4. The molecule has 134 valence electrons. The van der Waals surface area contributed by atoms with Gasteiger partial charge in [0.2, 0.25) is 5.91 Å². The predicted octanol–water partition coefficient (Wildman–Crippen LogP) is 2.47. The fraction of sp³-hybridized carbons (Fsp3) is 0.529. The van der Waals surface area contributed by atoms with Crippen molar-refractivity contribution in [1.29, 1.82) is 0 Å². The van der Waals surface area contributed by atoms with Crippen molar-refractivity contribution in [3.63, 3.8) is 0 Å². The third-order valence-corrected chi connectivity index (χ3v) is 4.88. The average molecular weight is 354 g/mol.